The topological polar surface area (TPSA) is 72.2 Å². The third kappa shape index (κ3) is 5.37. The van der Waals surface area contributed by atoms with Crippen molar-refractivity contribution in [1.82, 2.24) is 4.72 Å². The number of rotatable bonds is 9. The Morgan fingerprint density at radius 1 is 1.24 bits per heavy atom. The van der Waals surface area contributed by atoms with Crippen molar-refractivity contribution in [2.75, 3.05) is 0 Å². The highest BCUT2D eigenvalue weighted by Crippen LogP contribution is 2.17. The Balaban J connectivity index is 3.01. The largest absolute Gasteiger partial charge is 0.389 e. The lowest BCUT2D eigenvalue weighted by Crippen LogP contribution is -2.35. The van der Waals surface area contributed by atoms with Crippen molar-refractivity contribution in [2.24, 2.45) is 5.73 Å². The molecule has 0 aromatic heterocycles. The Morgan fingerprint density at radius 3 is 2.48 bits per heavy atom. The highest BCUT2D eigenvalue weighted by Gasteiger charge is 2.22. The number of hydrogen-bond donors (Lipinski definition) is 2. The van der Waals surface area contributed by atoms with Crippen molar-refractivity contribution in [3.63, 3.8) is 0 Å². The normalized spacial score (nSPS) is 13.0. The van der Waals surface area contributed by atoms with Gasteiger partial charge in [0.15, 0.2) is 0 Å². The Hall–Kier alpha value is -0.980. The molecule has 0 spiro atoms. The second-order valence-electron chi connectivity index (χ2n) is 5.11. The molecule has 0 fully saturated rings. The van der Waals surface area contributed by atoms with E-state index in [0.717, 1.165) is 32.1 Å². The minimum absolute atomic E-state index is 0.0423. The second kappa shape index (κ2) is 8.46. The van der Waals surface area contributed by atoms with E-state index in [1.165, 1.54) is 0 Å². The third-order valence-electron chi connectivity index (χ3n) is 3.31. The third-order valence-corrected chi connectivity index (χ3v) is 5.11. The van der Waals surface area contributed by atoms with E-state index in [-0.39, 0.29) is 15.9 Å². The SMILES string of the molecule is CCCCC(CCC)NS(=O)(=O)c1ccccc1C(N)=S. The molecule has 0 aliphatic heterocycles. The van der Waals surface area contributed by atoms with Crippen LogP contribution in [0.3, 0.4) is 0 Å². The Labute approximate surface area is 133 Å². The molecular weight excluding hydrogens is 304 g/mol. The minimum Gasteiger partial charge on any atom is -0.389 e. The number of sulfonamides is 1. The average molecular weight is 329 g/mol. The summed E-state index contributed by atoms with van der Waals surface area (Å²) in [5, 5.41) is 0. The predicted octanol–water partition coefficient (Wildman–Crippen LogP) is 2.96. The first-order valence-electron chi connectivity index (χ1n) is 7.33. The van der Waals surface area contributed by atoms with Crippen LogP contribution in [0, 0.1) is 0 Å². The molecule has 0 saturated heterocycles. The predicted molar refractivity (Wildman–Crippen MR) is 90.9 cm³/mol. The fourth-order valence-electron chi connectivity index (χ4n) is 2.25. The summed E-state index contributed by atoms with van der Waals surface area (Å²) in [5.74, 6) is 0. The van der Waals surface area contributed by atoms with Gasteiger partial charge in [-0.2, -0.15) is 0 Å². The van der Waals surface area contributed by atoms with Gasteiger partial charge in [-0.15, -0.1) is 0 Å². The van der Waals surface area contributed by atoms with E-state index >= 15 is 0 Å². The molecule has 1 unspecified atom stereocenters. The zero-order valence-electron chi connectivity index (χ0n) is 12.6. The molecule has 21 heavy (non-hydrogen) atoms. The van der Waals surface area contributed by atoms with E-state index in [0.29, 0.717) is 5.56 Å². The van der Waals surface area contributed by atoms with Gasteiger partial charge in [-0.1, -0.05) is 63.5 Å². The molecule has 4 nitrogen and oxygen atoms in total. The average Bonchev–Trinajstić information content (AvgIpc) is 2.44. The van der Waals surface area contributed by atoms with Crippen LogP contribution in [0.25, 0.3) is 0 Å². The maximum absolute atomic E-state index is 12.6. The lowest BCUT2D eigenvalue weighted by Gasteiger charge is -2.19. The molecule has 0 heterocycles. The molecule has 0 saturated carbocycles. The van der Waals surface area contributed by atoms with Gasteiger partial charge in [-0.25, -0.2) is 13.1 Å². The van der Waals surface area contributed by atoms with E-state index in [9.17, 15) is 8.42 Å². The summed E-state index contributed by atoms with van der Waals surface area (Å²) in [4.78, 5) is 0.256. The number of nitrogens with two attached hydrogens (primary N) is 1. The van der Waals surface area contributed by atoms with Crippen molar-refractivity contribution >= 4 is 27.2 Å². The van der Waals surface area contributed by atoms with Crippen molar-refractivity contribution in [2.45, 2.75) is 56.9 Å². The number of hydrogen-bond acceptors (Lipinski definition) is 3. The van der Waals surface area contributed by atoms with Crippen LogP contribution in [-0.2, 0) is 10.0 Å². The van der Waals surface area contributed by atoms with Gasteiger partial charge in [0, 0.05) is 11.6 Å². The van der Waals surface area contributed by atoms with Gasteiger partial charge in [0.25, 0.3) is 0 Å². The number of unbranched alkanes of at least 4 members (excludes halogenated alkanes) is 1. The van der Waals surface area contributed by atoms with Crippen LogP contribution in [0.2, 0.25) is 0 Å². The highest BCUT2D eigenvalue weighted by molar-refractivity contribution is 7.89. The molecule has 0 aliphatic rings. The maximum atomic E-state index is 12.6. The summed E-state index contributed by atoms with van der Waals surface area (Å²) in [7, 11) is -3.61. The molecule has 0 aliphatic carbocycles. The molecule has 0 radical (unpaired) electrons. The molecule has 118 valence electrons. The smallest absolute Gasteiger partial charge is 0.241 e. The molecular formula is C15H24N2O2S2. The first-order chi connectivity index (χ1) is 9.92. The molecule has 1 aromatic rings. The van der Waals surface area contributed by atoms with Crippen LogP contribution in [0.4, 0.5) is 0 Å². The summed E-state index contributed by atoms with van der Waals surface area (Å²) >= 11 is 4.94. The first-order valence-corrected chi connectivity index (χ1v) is 9.22. The first kappa shape index (κ1) is 18.1. The standard InChI is InChI=1S/C15H24N2O2S2/c1-3-5-9-12(8-4-2)17-21(18,19)14-11-7-6-10-13(14)15(16)20/h6-7,10-12,17H,3-5,8-9H2,1-2H3,(H2,16,20). The summed E-state index contributed by atoms with van der Waals surface area (Å²) in [6.07, 6.45) is 4.66. The number of nitrogens with one attached hydrogen (secondary N) is 1. The lowest BCUT2D eigenvalue weighted by molar-refractivity contribution is 0.483. The van der Waals surface area contributed by atoms with Crippen molar-refractivity contribution in [1.29, 1.82) is 0 Å². The van der Waals surface area contributed by atoms with Crippen LogP contribution in [-0.4, -0.2) is 19.4 Å². The van der Waals surface area contributed by atoms with Gasteiger partial charge >= 0.3 is 0 Å². The van der Waals surface area contributed by atoms with E-state index in [1.807, 2.05) is 0 Å². The van der Waals surface area contributed by atoms with Gasteiger partial charge in [0.05, 0.1) is 4.90 Å². The van der Waals surface area contributed by atoms with Crippen LogP contribution in [0.15, 0.2) is 29.2 Å². The summed E-state index contributed by atoms with van der Waals surface area (Å²) in [6.45, 7) is 4.15. The summed E-state index contributed by atoms with van der Waals surface area (Å²) in [6, 6.07) is 6.54. The van der Waals surface area contributed by atoms with Crippen LogP contribution in [0.5, 0.6) is 0 Å². The maximum Gasteiger partial charge on any atom is 0.241 e. The lowest BCUT2D eigenvalue weighted by atomic mass is 10.1. The van der Waals surface area contributed by atoms with E-state index in [2.05, 4.69) is 18.6 Å². The molecule has 3 N–H and O–H groups in total. The van der Waals surface area contributed by atoms with Gasteiger partial charge in [0.1, 0.15) is 4.99 Å². The van der Waals surface area contributed by atoms with Crippen molar-refractivity contribution in [3.8, 4) is 0 Å². The van der Waals surface area contributed by atoms with Gasteiger partial charge < -0.3 is 5.73 Å². The van der Waals surface area contributed by atoms with E-state index in [4.69, 9.17) is 18.0 Å². The van der Waals surface area contributed by atoms with Gasteiger partial charge in [-0.05, 0) is 18.9 Å². The second-order valence-corrected chi connectivity index (χ2v) is 7.23. The Morgan fingerprint density at radius 2 is 1.90 bits per heavy atom. The van der Waals surface area contributed by atoms with Crippen LogP contribution >= 0.6 is 12.2 Å². The highest BCUT2D eigenvalue weighted by atomic mass is 32.2. The molecule has 1 atom stereocenters. The van der Waals surface area contributed by atoms with E-state index < -0.39 is 10.0 Å². The monoisotopic (exact) mass is 328 g/mol. The van der Waals surface area contributed by atoms with Gasteiger partial charge in [-0.3, -0.25) is 0 Å². The zero-order valence-corrected chi connectivity index (χ0v) is 14.3. The molecule has 1 aromatic carbocycles. The number of thiocarbonyl (C=S) groups is 1. The van der Waals surface area contributed by atoms with E-state index in [1.54, 1.807) is 24.3 Å². The fourth-order valence-corrected chi connectivity index (χ4v) is 4.02. The molecule has 0 amide bonds. The van der Waals surface area contributed by atoms with Crippen molar-refractivity contribution in [3.05, 3.63) is 29.8 Å². The molecule has 1 rings (SSSR count). The van der Waals surface area contributed by atoms with Gasteiger partial charge in [0.2, 0.25) is 10.0 Å². The molecule has 6 heteroatoms. The summed E-state index contributed by atoms with van der Waals surface area (Å²) in [5.41, 5.74) is 6.01. The molecule has 0 bridgehead atoms. The van der Waals surface area contributed by atoms with Crippen LogP contribution < -0.4 is 10.5 Å². The summed E-state index contributed by atoms with van der Waals surface area (Å²) < 4.78 is 28.0. The Kier molecular flexibility index (Phi) is 7.28. The Bertz CT molecular complexity index is 571. The van der Waals surface area contributed by atoms with Crippen molar-refractivity contribution < 1.29 is 8.42 Å². The van der Waals surface area contributed by atoms with Crippen LogP contribution in [0.1, 0.15) is 51.5 Å². The fraction of sp³-hybridized carbons (Fsp3) is 0.533. The zero-order chi connectivity index (χ0) is 15.9. The number of benzene rings is 1. The minimum atomic E-state index is -3.61. The quantitative estimate of drug-likeness (QED) is 0.684.